The molecule has 0 aliphatic carbocycles. The van der Waals surface area contributed by atoms with E-state index in [4.69, 9.17) is 11.6 Å². The van der Waals surface area contributed by atoms with E-state index in [1.807, 2.05) is 18.3 Å². The van der Waals surface area contributed by atoms with Gasteiger partial charge < -0.3 is 10.2 Å². The molecule has 0 aliphatic rings. The lowest BCUT2D eigenvalue weighted by Crippen LogP contribution is -2.25. The molecule has 1 atom stereocenters. The summed E-state index contributed by atoms with van der Waals surface area (Å²) in [6.45, 7) is 10.2. The molecule has 22 heavy (non-hydrogen) atoms. The zero-order chi connectivity index (χ0) is 15.9. The first-order valence-corrected chi connectivity index (χ1v) is 8.60. The fourth-order valence-electron chi connectivity index (χ4n) is 2.80. The predicted molar refractivity (Wildman–Crippen MR) is 95.6 cm³/mol. The molecule has 120 valence electrons. The van der Waals surface area contributed by atoms with Crippen molar-refractivity contribution < 1.29 is 4.98 Å². The van der Waals surface area contributed by atoms with Gasteiger partial charge in [0.15, 0.2) is 6.20 Å². The molecule has 2 N–H and O–H groups in total. The van der Waals surface area contributed by atoms with Crippen LogP contribution in [0.5, 0.6) is 0 Å². The maximum absolute atomic E-state index is 6.06. The van der Waals surface area contributed by atoms with Crippen LogP contribution in [-0.4, -0.2) is 30.6 Å². The summed E-state index contributed by atoms with van der Waals surface area (Å²) in [6, 6.07) is 8.52. The lowest BCUT2D eigenvalue weighted by molar-refractivity contribution is -0.344. The molecule has 0 aliphatic heterocycles. The van der Waals surface area contributed by atoms with Gasteiger partial charge in [-0.3, -0.25) is 0 Å². The minimum Gasteiger partial charge on any atom is -0.382 e. The summed E-state index contributed by atoms with van der Waals surface area (Å²) in [5, 5.41) is 5.57. The summed E-state index contributed by atoms with van der Waals surface area (Å²) in [7, 11) is 0. The Morgan fingerprint density at radius 1 is 1.23 bits per heavy atom. The Hall–Kier alpha value is -1.32. The van der Waals surface area contributed by atoms with E-state index in [1.165, 1.54) is 30.5 Å². The van der Waals surface area contributed by atoms with Crippen LogP contribution < -0.4 is 10.3 Å². The van der Waals surface area contributed by atoms with Gasteiger partial charge in [-0.15, -0.1) is 0 Å². The van der Waals surface area contributed by atoms with Crippen LogP contribution in [0.4, 0.5) is 5.69 Å². The average molecular weight is 321 g/mol. The SMILES string of the molecule is CCN(CC)CCCC(C)Nc1cc[nH+]c2cc(Cl)ccc12. The first-order valence-electron chi connectivity index (χ1n) is 8.22. The molecule has 2 rings (SSSR count). The summed E-state index contributed by atoms with van der Waals surface area (Å²) in [4.78, 5) is 5.72. The summed E-state index contributed by atoms with van der Waals surface area (Å²) in [5.41, 5.74) is 2.23. The highest BCUT2D eigenvalue weighted by molar-refractivity contribution is 6.31. The Morgan fingerprint density at radius 3 is 2.73 bits per heavy atom. The Kier molecular flexibility index (Phi) is 6.47. The number of benzene rings is 1. The smallest absolute Gasteiger partial charge is 0.214 e. The van der Waals surface area contributed by atoms with Gasteiger partial charge >= 0.3 is 0 Å². The van der Waals surface area contributed by atoms with E-state index in [0.29, 0.717) is 6.04 Å². The molecule has 2 aromatic rings. The van der Waals surface area contributed by atoms with Crippen LogP contribution in [0.3, 0.4) is 0 Å². The highest BCUT2D eigenvalue weighted by atomic mass is 35.5. The topological polar surface area (TPSA) is 29.4 Å². The van der Waals surface area contributed by atoms with Crippen molar-refractivity contribution in [1.82, 2.24) is 4.90 Å². The Morgan fingerprint density at radius 2 is 2.00 bits per heavy atom. The predicted octanol–water partition coefficient (Wildman–Crippen LogP) is 4.23. The highest BCUT2D eigenvalue weighted by Crippen LogP contribution is 2.23. The Balaban J connectivity index is 1.95. The van der Waals surface area contributed by atoms with Gasteiger partial charge in [-0.05, 0) is 51.5 Å². The van der Waals surface area contributed by atoms with Crippen LogP contribution in [0.1, 0.15) is 33.6 Å². The molecule has 1 unspecified atom stereocenters. The molecular weight excluding hydrogens is 294 g/mol. The standard InChI is InChI=1S/C18H26ClN3/c1-4-22(5-2)12-6-7-14(3)21-17-10-11-20-18-13-15(19)8-9-16(17)18/h8-11,13-14H,4-7,12H2,1-3H3,(H,20,21)/p+1. The van der Waals surface area contributed by atoms with Gasteiger partial charge in [0.25, 0.3) is 0 Å². The minimum absolute atomic E-state index is 0.455. The number of halogens is 1. The normalized spacial score (nSPS) is 12.8. The third-order valence-corrected chi connectivity index (χ3v) is 4.40. The van der Waals surface area contributed by atoms with Crippen molar-refractivity contribution in [2.24, 2.45) is 0 Å². The lowest BCUT2D eigenvalue weighted by Gasteiger charge is -2.20. The molecule has 1 aromatic carbocycles. The van der Waals surface area contributed by atoms with Crippen LogP contribution in [0, 0.1) is 0 Å². The van der Waals surface area contributed by atoms with E-state index in [1.54, 1.807) is 0 Å². The quantitative estimate of drug-likeness (QED) is 0.788. The molecule has 0 fully saturated rings. The van der Waals surface area contributed by atoms with Crippen molar-refractivity contribution >= 4 is 28.2 Å². The summed E-state index contributed by atoms with van der Waals surface area (Å²) in [5.74, 6) is 0. The summed E-state index contributed by atoms with van der Waals surface area (Å²) >= 11 is 6.06. The van der Waals surface area contributed by atoms with Crippen molar-refractivity contribution in [1.29, 1.82) is 0 Å². The first-order chi connectivity index (χ1) is 10.6. The van der Waals surface area contributed by atoms with Gasteiger partial charge in [0.1, 0.15) is 0 Å². The molecule has 0 radical (unpaired) electrons. The monoisotopic (exact) mass is 320 g/mol. The van der Waals surface area contributed by atoms with Gasteiger partial charge in [0.2, 0.25) is 5.52 Å². The summed E-state index contributed by atoms with van der Waals surface area (Å²) < 4.78 is 0. The number of anilines is 1. The number of nitrogens with one attached hydrogen (secondary N) is 2. The molecule has 4 heteroatoms. The number of H-pyrrole nitrogens is 1. The van der Waals surface area contributed by atoms with Gasteiger partial charge in [-0.25, -0.2) is 4.98 Å². The van der Waals surface area contributed by atoms with Crippen molar-refractivity contribution in [3.63, 3.8) is 0 Å². The fourth-order valence-corrected chi connectivity index (χ4v) is 2.97. The Bertz CT molecular complexity index is 596. The number of rotatable bonds is 8. The molecule has 1 aromatic heterocycles. The van der Waals surface area contributed by atoms with Gasteiger partial charge in [-0.1, -0.05) is 25.4 Å². The number of aromatic amines is 1. The first kappa shape index (κ1) is 17.0. The van der Waals surface area contributed by atoms with Crippen molar-refractivity contribution in [2.45, 2.75) is 39.7 Å². The number of nitrogens with zero attached hydrogens (tertiary/aromatic N) is 1. The van der Waals surface area contributed by atoms with Crippen LogP contribution >= 0.6 is 11.6 Å². The van der Waals surface area contributed by atoms with Crippen molar-refractivity contribution in [3.05, 3.63) is 35.5 Å². The molecular formula is C18H27ClN3+. The van der Waals surface area contributed by atoms with E-state index in [-0.39, 0.29) is 0 Å². The largest absolute Gasteiger partial charge is 0.382 e. The number of hydrogen-bond acceptors (Lipinski definition) is 2. The van der Waals surface area contributed by atoms with E-state index in [2.05, 4.69) is 48.1 Å². The molecule has 0 bridgehead atoms. The van der Waals surface area contributed by atoms with Crippen LogP contribution in [-0.2, 0) is 0 Å². The van der Waals surface area contributed by atoms with E-state index >= 15 is 0 Å². The maximum atomic E-state index is 6.06. The molecule has 1 heterocycles. The second-order valence-corrected chi connectivity index (χ2v) is 6.23. The molecule has 0 amide bonds. The fraction of sp³-hybridized carbons (Fsp3) is 0.500. The highest BCUT2D eigenvalue weighted by Gasteiger charge is 2.10. The molecule has 0 saturated carbocycles. The average Bonchev–Trinajstić information content (AvgIpc) is 2.51. The van der Waals surface area contributed by atoms with Crippen LogP contribution in [0.25, 0.3) is 10.9 Å². The van der Waals surface area contributed by atoms with Crippen LogP contribution in [0.15, 0.2) is 30.5 Å². The Labute approximate surface area is 138 Å². The van der Waals surface area contributed by atoms with E-state index in [0.717, 1.165) is 23.6 Å². The second-order valence-electron chi connectivity index (χ2n) is 5.80. The van der Waals surface area contributed by atoms with Gasteiger partial charge in [0.05, 0.1) is 11.1 Å². The number of pyridine rings is 1. The molecule has 3 nitrogen and oxygen atoms in total. The third-order valence-electron chi connectivity index (χ3n) is 4.17. The number of aromatic nitrogens is 1. The van der Waals surface area contributed by atoms with Crippen molar-refractivity contribution in [2.75, 3.05) is 25.0 Å². The van der Waals surface area contributed by atoms with Crippen LogP contribution in [0.2, 0.25) is 5.02 Å². The number of hydrogen-bond donors (Lipinski definition) is 1. The van der Waals surface area contributed by atoms with E-state index < -0.39 is 0 Å². The van der Waals surface area contributed by atoms with Crippen molar-refractivity contribution in [3.8, 4) is 0 Å². The maximum Gasteiger partial charge on any atom is 0.214 e. The molecule has 0 saturated heterocycles. The molecule has 0 spiro atoms. The van der Waals surface area contributed by atoms with Gasteiger partial charge in [0, 0.05) is 23.2 Å². The lowest BCUT2D eigenvalue weighted by atomic mass is 10.1. The van der Waals surface area contributed by atoms with Gasteiger partial charge in [-0.2, -0.15) is 0 Å². The second kappa shape index (κ2) is 8.35. The van der Waals surface area contributed by atoms with E-state index in [9.17, 15) is 0 Å². The zero-order valence-corrected chi connectivity index (χ0v) is 14.6. The zero-order valence-electron chi connectivity index (χ0n) is 13.8. The minimum atomic E-state index is 0.455. The number of fused-ring (bicyclic) bond motifs is 1. The summed E-state index contributed by atoms with van der Waals surface area (Å²) in [6.07, 6.45) is 4.35. The third kappa shape index (κ3) is 4.59.